The van der Waals surface area contributed by atoms with E-state index in [9.17, 15) is 23.6 Å². The summed E-state index contributed by atoms with van der Waals surface area (Å²) in [5.74, 6) is -0.116. The predicted octanol–water partition coefficient (Wildman–Crippen LogP) is 2.75. The molecular weight excluding hydrogens is 530 g/mol. The Bertz CT molecular complexity index is 1550. The molecule has 3 atom stereocenters. The normalized spacial score (nSPS) is 22.0. The molecule has 1 aromatic carbocycles. The predicted molar refractivity (Wildman–Crippen MR) is 143 cm³/mol. The van der Waals surface area contributed by atoms with Gasteiger partial charge in [0.15, 0.2) is 5.65 Å². The molecule has 2 N–H and O–H groups in total. The Morgan fingerprint density at radius 2 is 2.05 bits per heavy atom. The average Bonchev–Trinajstić information content (AvgIpc) is 3.45. The van der Waals surface area contributed by atoms with Crippen molar-refractivity contribution in [1.29, 1.82) is 5.26 Å². The second kappa shape index (κ2) is 10.1. The summed E-state index contributed by atoms with van der Waals surface area (Å²) in [4.78, 5) is 22.2. The molecule has 13 heteroatoms. The van der Waals surface area contributed by atoms with Gasteiger partial charge in [-0.3, -0.25) is 9.52 Å². The summed E-state index contributed by atoms with van der Waals surface area (Å²) in [6.07, 6.45) is 4.57. The molecule has 2 aliphatic heterocycles. The number of aromatic nitrogens is 3. The molecule has 200 valence electrons. The topological polar surface area (TPSA) is 144 Å². The monoisotopic (exact) mass is 557 g/mol. The lowest BCUT2D eigenvalue weighted by atomic mass is 9.98. The number of β-amino-alcohol motifs (C(OH)–C–C–N with tert-alkyl or cyclic N) is 1. The van der Waals surface area contributed by atoms with Crippen molar-refractivity contribution in [1.82, 2.24) is 19.5 Å². The number of carbonyl (C=O) groups excluding carboxylic acids is 1. The van der Waals surface area contributed by atoms with E-state index in [1.165, 1.54) is 18.2 Å². The first-order valence-electron chi connectivity index (χ1n) is 12.3. The number of benzene rings is 1. The van der Waals surface area contributed by atoms with E-state index in [1.54, 1.807) is 9.42 Å². The minimum absolute atomic E-state index is 0.173. The summed E-state index contributed by atoms with van der Waals surface area (Å²) >= 11 is 6.18. The van der Waals surface area contributed by atoms with Crippen molar-refractivity contribution in [3.05, 3.63) is 52.3 Å². The first-order valence-corrected chi connectivity index (χ1v) is 14.6. The zero-order valence-electron chi connectivity index (χ0n) is 21.0. The van der Waals surface area contributed by atoms with Gasteiger partial charge in [-0.25, -0.2) is 17.9 Å². The number of rotatable bonds is 5. The zero-order chi connectivity index (χ0) is 27.2. The fraction of sp³-hybridized carbons (Fsp3) is 0.440. The highest BCUT2D eigenvalue weighted by molar-refractivity contribution is 7.92. The van der Waals surface area contributed by atoms with Gasteiger partial charge in [0.1, 0.15) is 5.82 Å². The standard InChI is InChI=1S/C25H28ClN7O4S/c1-15-12-33-23(28-24(15)31-13-16(11-27)22(34)14-31)10-20(29-33)21-5-3-4-8-32(21)25(35)18-9-17(26)6-7-19(18)30-38(2,36)37/h6-7,9-10,12,16,21-22,30,34H,3-5,8,13-14H2,1-2H3/t16?,21-,22?/m0/s1. The zero-order valence-corrected chi connectivity index (χ0v) is 22.6. The van der Waals surface area contributed by atoms with Crippen LogP contribution in [0.25, 0.3) is 5.65 Å². The van der Waals surface area contributed by atoms with Gasteiger partial charge in [0.25, 0.3) is 5.91 Å². The minimum atomic E-state index is -3.61. The van der Waals surface area contributed by atoms with E-state index in [1.807, 2.05) is 24.1 Å². The number of carbonyl (C=O) groups is 1. The molecule has 2 fully saturated rings. The largest absolute Gasteiger partial charge is 0.390 e. The number of aliphatic hydroxyl groups is 1. The minimum Gasteiger partial charge on any atom is -0.390 e. The molecular formula is C25H28ClN7O4S. The lowest BCUT2D eigenvalue weighted by Crippen LogP contribution is -2.39. The number of sulfonamides is 1. The second-order valence-corrected chi connectivity index (χ2v) is 12.1. The number of likely N-dealkylation sites (tertiary alicyclic amines) is 1. The molecule has 3 aromatic rings. The first-order chi connectivity index (χ1) is 18.0. The number of nitriles is 1. The van der Waals surface area contributed by atoms with Crippen LogP contribution in [0.5, 0.6) is 0 Å². The van der Waals surface area contributed by atoms with Crippen molar-refractivity contribution in [2.75, 3.05) is 35.5 Å². The number of fused-ring (bicyclic) bond motifs is 1. The number of piperidine rings is 1. The van der Waals surface area contributed by atoms with Gasteiger partial charge < -0.3 is 14.9 Å². The van der Waals surface area contributed by atoms with Crippen LogP contribution in [0.3, 0.4) is 0 Å². The summed E-state index contributed by atoms with van der Waals surface area (Å²) in [7, 11) is -3.61. The molecule has 11 nitrogen and oxygen atoms in total. The number of aliphatic hydroxyl groups excluding tert-OH is 1. The maximum Gasteiger partial charge on any atom is 0.256 e. The van der Waals surface area contributed by atoms with E-state index < -0.39 is 22.0 Å². The molecule has 5 rings (SSSR count). The van der Waals surface area contributed by atoms with Crippen LogP contribution in [-0.4, -0.2) is 70.9 Å². The van der Waals surface area contributed by atoms with Gasteiger partial charge in [0.2, 0.25) is 10.0 Å². The maximum atomic E-state index is 13.8. The molecule has 0 radical (unpaired) electrons. The number of hydrogen-bond donors (Lipinski definition) is 2. The van der Waals surface area contributed by atoms with Gasteiger partial charge in [-0.2, -0.15) is 10.4 Å². The molecule has 4 heterocycles. The van der Waals surface area contributed by atoms with Crippen molar-refractivity contribution < 1.29 is 18.3 Å². The van der Waals surface area contributed by atoms with Crippen LogP contribution < -0.4 is 9.62 Å². The number of halogens is 1. The first kappa shape index (κ1) is 26.2. The Morgan fingerprint density at radius 1 is 1.26 bits per heavy atom. The van der Waals surface area contributed by atoms with E-state index in [-0.39, 0.29) is 23.2 Å². The summed E-state index contributed by atoms with van der Waals surface area (Å²) in [6, 6.07) is 8.16. The van der Waals surface area contributed by atoms with Crippen LogP contribution in [0, 0.1) is 24.2 Å². The van der Waals surface area contributed by atoms with E-state index in [0.717, 1.165) is 24.7 Å². The van der Waals surface area contributed by atoms with E-state index in [4.69, 9.17) is 21.7 Å². The number of nitrogens with one attached hydrogen (secondary N) is 1. The summed E-state index contributed by atoms with van der Waals surface area (Å²) in [6.45, 7) is 3.12. The van der Waals surface area contributed by atoms with E-state index in [0.29, 0.717) is 48.2 Å². The Labute approximate surface area is 225 Å². The van der Waals surface area contributed by atoms with Crippen molar-refractivity contribution in [2.24, 2.45) is 5.92 Å². The molecule has 2 aromatic heterocycles. The lowest BCUT2D eigenvalue weighted by Gasteiger charge is -2.35. The van der Waals surface area contributed by atoms with Gasteiger partial charge in [-0.15, -0.1) is 0 Å². The quantitative estimate of drug-likeness (QED) is 0.487. The van der Waals surface area contributed by atoms with Crippen LogP contribution in [0.1, 0.15) is 46.9 Å². The number of amides is 1. The highest BCUT2D eigenvalue weighted by Crippen LogP contribution is 2.34. The van der Waals surface area contributed by atoms with Gasteiger partial charge in [-0.05, 0) is 44.4 Å². The number of nitrogens with zero attached hydrogens (tertiary/aromatic N) is 6. The van der Waals surface area contributed by atoms with Gasteiger partial charge >= 0.3 is 0 Å². The van der Waals surface area contributed by atoms with E-state index >= 15 is 0 Å². The molecule has 0 saturated carbocycles. The Kier molecular flexibility index (Phi) is 6.94. The smallest absolute Gasteiger partial charge is 0.256 e. The molecule has 2 saturated heterocycles. The van der Waals surface area contributed by atoms with Gasteiger partial charge in [0, 0.05) is 42.5 Å². The third-order valence-corrected chi connectivity index (χ3v) is 7.82. The third kappa shape index (κ3) is 5.14. The SMILES string of the molecule is Cc1cn2nc([C@@H]3CCCCN3C(=O)c3cc(Cl)ccc3NS(C)(=O)=O)cc2nc1N1CC(O)C(C#N)C1. The van der Waals surface area contributed by atoms with Crippen molar-refractivity contribution in [3.63, 3.8) is 0 Å². The Balaban J connectivity index is 1.48. The highest BCUT2D eigenvalue weighted by atomic mass is 35.5. The summed E-state index contributed by atoms with van der Waals surface area (Å²) in [5, 5.41) is 24.5. The van der Waals surface area contributed by atoms with Crippen LogP contribution in [-0.2, 0) is 10.0 Å². The van der Waals surface area contributed by atoms with Crippen LogP contribution in [0.2, 0.25) is 5.02 Å². The Hall–Kier alpha value is -3.40. The molecule has 0 aliphatic carbocycles. The van der Waals surface area contributed by atoms with Crippen LogP contribution >= 0.6 is 11.6 Å². The van der Waals surface area contributed by atoms with E-state index in [2.05, 4.69) is 10.8 Å². The fourth-order valence-corrected chi connectivity index (χ4v) is 5.96. The molecule has 38 heavy (non-hydrogen) atoms. The number of hydrogen-bond acceptors (Lipinski definition) is 8. The Morgan fingerprint density at radius 3 is 2.76 bits per heavy atom. The second-order valence-electron chi connectivity index (χ2n) is 9.90. The number of anilines is 2. The van der Waals surface area contributed by atoms with Crippen molar-refractivity contribution in [3.8, 4) is 6.07 Å². The van der Waals surface area contributed by atoms with Gasteiger partial charge in [-0.1, -0.05) is 11.6 Å². The maximum absolute atomic E-state index is 13.8. The molecule has 2 aliphatic rings. The third-order valence-electron chi connectivity index (χ3n) is 6.99. The summed E-state index contributed by atoms with van der Waals surface area (Å²) < 4.78 is 27.9. The molecule has 1 amide bonds. The fourth-order valence-electron chi connectivity index (χ4n) is 5.21. The highest BCUT2D eigenvalue weighted by Gasteiger charge is 2.34. The van der Waals surface area contributed by atoms with Crippen molar-refractivity contribution >= 4 is 44.7 Å². The molecule has 2 unspecified atom stereocenters. The lowest BCUT2D eigenvalue weighted by molar-refractivity contribution is 0.0607. The number of aryl methyl sites for hydroxylation is 1. The molecule has 0 bridgehead atoms. The van der Waals surface area contributed by atoms with Crippen LogP contribution in [0.15, 0.2) is 30.5 Å². The van der Waals surface area contributed by atoms with Gasteiger partial charge in [0.05, 0.1) is 47.3 Å². The van der Waals surface area contributed by atoms with Crippen LogP contribution in [0.4, 0.5) is 11.5 Å². The average molecular weight is 558 g/mol. The molecule has 0 spiro atoms. The van der Waals surface area contributed by atoms with Crippen molar-refractivity contribution in [2.45, 2.75) is 38.3 Å². The summed E-state index contributed by atoms with van der Waals surface area (Å²) in [5.41, 5.74) is 2.47.